The minimum Gasteiger partial charge on any atom is -0.508 e. The fourth-order valence-electron chi connectivity index (χ4n) is 8.21. The van der Waals surface area contributed by atoms with Crippen molar-refractivity contribution in [1.82, 2.24) is 24.5 Å². The van der Waals surface area contributed by atoms with Crippen LogP contribution in [0.1, 0.15) is 55.2 Å². The number of hydrogen-bond acceptors (Lipinski definition) is 8. The number of phenolic OH excluding ortho intramolecular Hbond substituents is 1. The van der Waals surface area contributed by atoms with Crippen LogP contribution in [-0.2, 0) is 32.0 Å². The van der Waals surface area contributed by atoms with E-state index in [9.17, 15) is 29.1 Å². The number of nitrogens with zero attached hydrogens (tertiary/aromatic N) is 5. The molecule has 0 aromatic heterocycles. The molecule has 6 rings (SSSR count). The molecule has 2 aromatic carbocycles. The van der Waals surface area contributed by atoms with E-state index < -0.39 is 18.2 Å². The van der Waals surface area contributed by atoms with Gasteiger partial charge >= 0.3 is 18.1 Å². The third kappa shape index (κ3) is 9.24. The SMILES string of the molecule is Bc1cc(C[C@@H](OC(=O)N2CCC(N3CCc4ccccc4NC3=O)CC2)C(=O)N2CCN(C3CCN(C(=O)CCC(=O)O)CC3)CC2)cc(C)c1O. The first kappa shape index (κ1) is 38.0. The van der Waals surface area contributed by atoms with Crippen LogP contribution in [0.4, 0.5) is 15.3 Å². The summed E-state index contributed by atoms with van der Waals surface area (Å²) in [6.07, 6.45) is 1.96. The molecule has 0 unspecified atom stereocenters. The van der Waals surface area contributed by atoms with Crippen LogP contribution >= 0.6 is 0 Å². The molecule has 15 heteroatoms. The predicted octanol–water partition coefficient (Wildman–Crippen LogP) is 1.56. The van der Waals surface area contributed by atoms with E-state index in [-0.39, 0.29) is 54.9 Å². The smallest absolute Gasteiger partial charge is 0.410 e. The fraction of sp³-hybridized carbons (Fsp3) is 0.553. The van der Waals surface area contributed by atoms with Crippen molar-refractivity contribution in [3.8, 4) is 5.75 Å². The second-order valence-corrected chi connectivity index (χ2v) is 14.8. The first-order valence-electron chi connectivity index (χ1n) is 18.9. The molecule has 14 nitrogen and oxygen atoms in total. The van der Waals surface area contributed by atoms with Gasteiger partial charge in [0, 0.05) is 89.5 Å². The number of benzene rings is 2. The normalized spacial score (nSPS) is 19.6. The van der Waals surface area contributed by atoms with Gasteiger partial charge < -0.3 is 39.9 Å². The van der Waals surface area contributed by atoms with Gasteiger partial charge in [-0.25, -0.2) is 9.59 Å². The number of carbonyl (C=O) groups excluding carboxylic acids is 4. The number of ether oxygens (including phenoxy) is 1. The van der Waals surface area contributed by atoms with Crippen LogP contribution in [0.3, 0.4) is 0 Å². The zero-order chi connectivity index (χ0) is 37.6. The Hall–Kier alpha value is -4.79. The van der Waals surface area contributed by atoms with E-state index in [1.165, 1.54) is 0 Å². The summed E-state index contributed by atoms with van der Waals surface area (Å²) in [6.45, 7) is 6.65. The summed E-state index contributed by atoms with van der Waals surface area (Å²) in [7, 11) is 1.80. The summed E-state index contributed by atoms with van der Waals surface area (Å²) >= 11 is 0. The number of carbonyl (C=O) groups is 5. The van der Waals surface area contributed by atoms with Gasteiger partial charge in [0.05, 0.1) is 6.42 Å². The highest BCUT2D eigenvalue weighted by atomic mass is 16.6. The number of aryl methyl sites for hydroxylation is 1. The van der Waals surface area contributed by atoms with Gasteiger partial charge in [-0.05, 0) is 67.2 Å². The van der Waals surface area contributed by atoms with Crippen LogP contribution in [0.25, 0.3) is 0 Å². The lowest BCUT2D eigenvalue weighted by Crippen LogP contribution is -2.57. The molecule has 5 amide bonds. The lowest BCUT2D eigenvalue weighted by molar-refractivity contribution is -0.143. The molecule has 3 fully saturated rings. The van der Waals surface area contributed by atoms with Crippen LogP contribution in [0.5, 0.6) is 5.75 Å². The summed E-state index contributed by atoms with van der Waals surface area (Å²) < 4.78 is 6.05. The molecule has 0 bridgehead atoms. The Bertz CT molecular complexity index is 1660. The van der Waals surface area contributed by atoms with Crippen molar-refractivity contribution in [2.24, 2.45) is 0 Å². The molecule has 4 heterocycles. The van der Waals surface area contributed by atoms with Crippen molar-refractivity contribution in [2.45, 2.75) is 76.5 Å². The Kier molecular flexibility index (Phi) is 12.1. The molecule has 3 N–H and O–H groups in total. The van der Waals surface area contributed by atoms with Crippen molar-refractivity contribution >= 4 is 48.9 Å². The highest BCUT2D eigenvalue weighted by Crippen LogP contribution is 2.26. The number of fused-ring (bicyclic) bond motifs is 1. The molecule has 0 spiro atoms. The zero-order valence-electron chi connectivity index (χ0n) is 30.8. The van der Waals surface area contributed by atoms with Crippen molar-refractivity contribution in [3.05, 3.63) is 53.1 Å². The zero-order valence-corrected chi connectivity index (χ0v) is 30.8. The monoisotopic (exact) mass is 730 g/mol. The Morgan fingerprint density at radius 3 is 2.21 bits per heavy atom. The van der Waals surface area contributed by atoms with Gasteiger partial charge in [-0.1, -0.05) is 30.3 Å². The summed E-state index contributed by atoms with van der Waals surface area (Å²) in [5.74, 6) is -1.15. The lowest BCUT2D eigenvalue weighted by Gasteiger charge is -2.43. The Morgan fingerprint density at radius 2 is 1.53 bits per heavy atom. The number of amides is 5. The summed E-state index contributed by atoms with van der Waals surface area (Å²) in [5.41, 5.74) is 4.10. The van der Waals surface area contributed by atoms with Crippen LogP contribution in [0.2, 0.25) is 0 Å². The van der Waals surface area contributed by atoms with Crippen LogP contribution < -0.4 is 10.8 Å². The number of piperidine rings is 2. The van der Waals surface area contributed by atoms with Gasteiger partial charge in [0.2, 0.25) is 5.91 Å². The van der Waals surface area contributed by atoms with Gasteiger partial charge in [-0.2, -0.15) is 0 Å². The maximum Gasteiger partial charge on any atom is 0.410 e. The van der Waals surface area contributed by atoms with E-state index in [0.717, 1.165) is 36.1 Å². The van der Waals surface area contributed by atoms with Crippen LogP contribution in [0, 0.1) is 6.92 Å². The molecule has 284 valence electrons. The number of rotatable bonds is 9. The van der Waals surface area contributed by atoms with E-state index in [0.29, 0.717) is 82.8 Å². The van der Waals surface area contributed by atoms with E-state index in [1.807, 2.05) is 41.3 Å². The number of anilines is 1. The third-order valence-corrected chi connectivity index (χ3v) is 11.3. The standard InChI is InChI=1S/C38H51BN6O8/c1-25-22-26(23-30(39)35(25)49)24-32(36(50)43-20-18-41(19-21-43)28-9-13-42(14-10-28)33(46)6-7-34(47)48)53-38(52)44-15-11-29(12-16-44)45-17-8-27-4-2-3-5-31(27)40-37(45)51/h2-5,22-23,28-29,32,49H,6-21,24,39H2,1H3,(H,40,51)(H,47,48)/t32-/m1/s1. The molecular weight excluding hydrogens is 679 g/mol. The molecule has 0 saturated carbocycles. The fourth-order valence-corrected chi connectivity index (χ4v) is 8.21. The quantitative estimate of drug-likeness (QED) is 0.325. The van der Waals surface area contributed by atoms with E-state index in [2.05, 4.69) is 10.2 Å². The predicted molar refractivity (Wildman–Crippen MR) is 200 cm³/mol. The van der Waals surface area contributed by atoms with E-state index in [4.69, 9.17) is 9.84 Å². The number of nitrogens with one attached hydrogen (secondary N) is 1. The highest BCUT2D eigenvalue weighted by molar-refractivity contribution is 6.34. The van der Waals surface area contributed by atoms with Crippen LogP contribution in [0.15, 0.2) is 36.4 Å². The molecular formula is C38H51BN6O8. The van der Waals surface area contributed by atoms with E-state index in [1.54, 1.807) is 29.5 Å². The van der Waals surface area contributed by atoms with Gasteiger partial charge in [0.1, 0.15) is 13.6 Å². The first-order chi connectivity index (χ1) is 25.5. The Labute approximate surface area is 311 Å². The molecule has 1 atom stereocenters. The number of urea groups is 1. The van der Waals surface area contributed by atoms with Gasteiger partial charge in [-0.15, -0.1) is 0 Å². The molecule has 4 aliphatic rings. The highest BCUT2D eigenvalue weighted by Gasteiger charge is 2.37. The number of phenols is 1. The van der Waals surface area contributed by atoms with Gasteiger partial charge in [0.15, 0.2) is 6.10 Å². The van der Waals surface area contributed by atoms with Crippen molar-refractivity contribution in [2.75, 3.05) is 64.2 Å². The minimum atomic E-state index is -1.05. The van der Waals surface area contributed by atoms with Crippen molar-refractivity contribution in [3.63, 3.8) is 0 Å². The van der Waals surface area contributed by atoms with Crippen molar-refractivity contribution in [1.29, 1.82) is 0 Å². The third-order valence-electron chi connectivity index (χ3n) is 11.3. The summed E-state index contributed by atoms with van der Waals surface area (Å²) in [5, 5.41) is 22.3. The number of hydrogen-bond donors (Lipinski definition) is 3. The van der Waals surface area contributed by atoms with E-state index >= 15 is 0 Å². The molecule has 4 aliphatic heterocycles. The van der Waals surface area contributed by atoms with Crippen LogP contribution in [-0.4, -0.2) is 150 Å². The lowest BCUT2D eigenvalue weighted by atomic mass is 9.89. The number of carboxylic acids is 1. The second kappa shape index (κ2) is 16.9. The number of aliphatic carboxylic acids is 1. The Morgan fingerprint density at radius 1 is 0.868 bits per heavy atom. The number of piperazine rings is 1. The largest absolute Gasteiger partial charge is 0.508 e. The number of carboxylic acid groups (broad SMARTS) is 1. The molecule has 0 radical (unpaired) electrons. The van der Waals surface area contributed by atoms with Gasteiger partial charge in [-0.3, -0.25) is 19.3 Å². The first-order valence-corrected chi connectivity index (χ1v) is 18.9. The molecule has 3 saturated heterocycles. The number of para-hydroxylation sites is 1. The second-order valence-electron chi connectivity index (χ2n) is 14.8. The molecule has 2 aromatic rings. The average molecular weight is 731 g/mol. The van der Waals surface area contributed by atoms with Crippen molar-refractivity contribution < 1.29 is 38.9 Å². The van der Waals surface area contributed by atoms with Gasteiger partial charge in [0.25, 0.3) is 5.91 Å². The average Bonchev–Trinajstić information content (AvgIpc) is 3.33. The Balaban J connectivity index is 1.04. The summed E-state index contributed by atoms with van der Waals surface area (Å²) in [4.78, 5) is 73.5. The maximum absolute atomic E-state index is 14.1. The topological polar surface area (TPSA) is 163 Å². The minimum absolute atomic E-state index is 0.0149. The molecule has 0 aliphatic carbocycles. The number of aromatic hydroxyl groups is 1. The molecule has 53 heavy (non-hydrogen) atoms. The maximum atomic E-state index is 14.1. The number of likely N-dealkylation sites (tertiary alicyclic amines) is 2. The summed E-state index contributed by atoms with van der Waals surface area (Å²) in [6, 6.07) is 11.6.